The van der Waals surface area contributed by atoms with E-state index in [2.05, 4.69) is 26.0 Å². The smallest absolute Gasteiger partial charge is 0.248 e. The van der Waals surface area contributed by atoms with E-state index in [1.54, 1.807) is 24.3 Å². The van der Waals surface area contributed by atoms with Gasteiger partial charge in [0, 0.05) is 17.7 Å². The summed E-state index contributed by atoms with van der Waals surface area (Å²) in [7, 11) is 0. The fraction of sp³-hybridized carbons (Fsp3) is 0.125. The molecule has 0 aliphatic heterocycles. The summed E-state index contributed by atoms with van der Waals surface area (Å²) in [5.74, 6) is -0.0324. The molecule has 0 bridgehead atoms. The molecule has 1 aromatic heterocycles. The number of tetrazole rings is 1. The quantitative estimate of drug-likeness (QED) is 0.449. The largest absolute Gasteiger partial charge is 0.325 e. The molecule has 160 valence electrons. The van der Waals surface area contributed by atoms with Crippen LogP contribution in [0, 0.1) is 0 Å². The minimum absolute atomic E-state index is 0.0759. The molecule has 0 aliphatic rings. The van der Waals surface area contributed by atoms with Crippen molar-refractivity contribution in [1.29, 1.82) is 0 Å². The number of anilines is 2. The Kier molecular flexibility index (Phi) is 6.62. The summed E-state index contributed by atoms with van der Waals surface area (Å²) in [6.45, 7) is -0.0759. The molecule has 0 unspecified atom stereocenters. The van der Waals surface area contributed by atoms with Gasteiger partial charge in [-0.25, -0.2) is 0 Å². The van der Waals surface area contributed by atoms with Gasteiger partial charge in [-0.05, 0) is 41.5 Å². The Labute approximate surface area is 185 Å². The zero-order chi connectivity index (χ0) is 22.2. The summed E-state index contributed by atoms with van der Waals surface area (Å²) in [4.78, 5) is 25.9. The van der Waals surface area contributed by atoms with E-state index >= 15 is 0 Å². The van der Waals surface area contributed by atoms with Crippen molar-refractivity contribution in [3.8, 4) is 11.4 Å². The van der Waals surface area contributed by atoms with E-state index in [0.29, 0.717) is 35.6 Å². The van der Waals surface area contributed by atoms with Gasteiger partial charge in [0.15, 0.2) is 0 Å². The topological polar surface area (TPSA) is 102 Å². The van der Waals surface area contributed by atoms with Crippen LogP contribution in [-0.4, -0.2) is 32.0 Å². The number of nitrogens with zero attached hydrogens (tertiary/aromatic N) is 4. The van der Waals surface area contributed by atoms with E-state index in [4.69, 9.17) is 0 Å². The second-order valence-electron chi connectivity index (χ2n) is 7.14. The van der Waals surface area contributed by atoms with E-state index in [1.807, 2.05) is 60.7 Å². The van der Waals surface area contributed by atoms with Gasteiger partial charge in [-0.2, -0.15) is 4.80 Å². The predicted molar refractivity (Wildman–Crippen MR) is 122 cm³/mol. The highest BCUT2D eigenvalue weighted by Gasteiger charge is 2.14. The lowest BCUT2D eigenvalue weighted by atomic mass is 10.1. The first kappa shape index (κ1) is 20.9. The molecule has 3 aromatic carbocycles. The van der Waals surface area contributed by atoms with Crippen LogP contribution in [-0.2, 0) is 22.6 Å². The lowest BCUT2D eigenvalue weighted by Crippen LogP contribution is -2.20. The highest BCUT2D eigenvalue weighted by Crippen LogP contribution is 2.24. The Morgan fingerprint density at radius 2 is 1.47 bits per heavy atom. The second kappa shape index (κ2) is 10.1. The normalized spacial score (nSPS) is 10.5. The standard InChI is InChI=1S/C24H22N6O2/c31-22(16-15-18-9-3-1-4-10-18)26-21-14-8-7-13-20(21)24-27-29-30(28-24)17-23(32)25-19-11-5-2-6-12-19/h1-14H,15-17H2,(H,25,32)(H,26,31). The number of carbonyl (C=O) groups is 2. The maximum atomic E-state index is 12.5. The molecule has 0 aliphatic carbocycles. The van der Waals surface area contributed by atoms with E-state index in [0.717, 1.165) is 5.56 Å². The van der Waals surface area contributed by atoms with Crippen LogP contribution in [0.15, 0.2) is 84.9 Å². The number of hydrogen-bond acceptors (Lipinski definition) is 5. The fourth-order valence-corrected chi connectivity index (χ4v) is 3.17. The van der Waals surface area contributed by atoms with Crippen LogP contribution in [0.4, 0.5) is 11.4 Å². The molecule has 4 aromatic rings. The maximum Gasteiger partial charge on any atom is 0.248 e. The summed E-state index contributed by atoms with van der Waals surface area (Å²) in [5, 5.41) is 18.0. The average Bonchev–Trinajstić information content (AvgIpc) is 3.27. The summed E-state index contributed by atoms with van der Waals surface area (Å²) in [6.07, 6.45) is 1.01. The number of benzene rings is 3. The van der Waals surface area contributed by atoms with Crippen molar-refractivity contribution in [2.75, 3.05) is 10.6 Å². The third-order valence-corrected chi connectivity index (χ3v) is 4.72. The molecule has 1 heterocycles. The first-order valence-electron chi connectivity index (χ1n) is 10.2. The highest BCUT2D eigenvalue weighted by molar-refractivity contribution is 5.94. The average molecular weight is 426 g/mol. The second-order valence-corrected chi connectivity index (χ2v) is 7.14. The summed E-state index contributed by atoms with van der Waals surface area (Å²) in [6, 6.07) is 26.3. The van der Waals surface area contributed by atoms with Gasteiger partial charge in [0.05, 0.1) is 5.69 Å². The molecule has 0 radical (unpaired) electrons. The number of aromatic nitrogens is 4. The van der Waals surface area contributed by atoms with Crippen molar-refractivity contribution < 1.29 is 9.59 Å². The van der Waals surface area contributed by atoms with Crippen LogP contribution in [0.3, 0.4) is 0 Å². The number of hydrogen-bond donors (Lipinski definition) is 2. The molecule has 2 N–H and O–H groups in total. The summed E-state index contributed by atoms with van der Waals surface area (Å²) >= 11 is 0. The lowest BCUT2D eigenvalue weighted by molar-refractivity contribution is -0.117. The van der Waals surface area contributed by atoms with Crippen LogP contribution in [0.25, 0.3) is 11.4 Å². The van der Waals surface area contributed by atoms with Crippen LogP contribution in [0.1, 0.15) is 12.0 Å². The van der Waals surface area contributed by atoms with E-state index < -0.39 is 0 Å². The van der Waals surface area contributed by atoms with Crippen molar-refractivity contribution in [3.05, 3.63) is 90.5 Å². The van der Waals surface area contributed by atoms with Crippen LogP contribution in [0.5, 0.6) is 0 Å². The molecule has 4 rings (SSSR count). The molecule has 8 heteroatoms. The molecule has 0 saturated heterocycles. The monoisotopic (exact) mass is 426 g/mol. The zero-order valence-electron chi connectivity index (χ0n) is 17.3. The van der Waals surface area contributed by atoms with Gasteiger partial charge < -0.3 is 10.6 Å². The van der Waals surface area contributed by atoms with Crippen LogP contribution < -0.4 is 10.6 Å². The van der Waals surface area contributed by atoms with Crippen molar-refractivity contribution in [1.82, 2.24) is 20.2 Å². The fourth-order valence-electron chi connectivity index (χ4n) is 3.17. The molecule has 8 nitrogen and oxygen atoms in total. The molecule has 0 atom stereocenters. The van der Waals surface area contributed by atoms with E-state index in [-0.39, 0.29) is 18.4 Å². The number of rotatable bonds is 8. The summed E-state index contributed by atoms with van der Waals surface area (Å²) in [5.41, 5.74) is 3.03. The first-order chi connectivity index (χ1) is 15.7. The lowest BCUT2D eigenvalue weighted by Gasteiger charge is -2.09. The Morgan fingerprint density at radius 3 is 2.25 bits per heavy atom. The van der Waals surface area contributed by atoms with Gasteiger partial charge in [0.2, 0.25) is 17.6 Å². The van der Waals surface area contributed by atoms with E-state index in [1.165, 1.54) is 4.80 Å². The zero-order valence-corrected chi connectivity index (χ0v) is 17.3. The Bertz CT molecular complexity index is 1190. The Hall–Kier alpha value is -4.33. The molecule has 32 heavy (non-hydrogen) atoms. The Balaban J connectivity index is 1.39. The van der Waals surface area contributed by atoms with Crippen molar-refractivity contribution in [2.24, 2.45) is 0 Å². The number of amides is 2. The van der Waals surface area contributed by atoms with Gasteiger partial charge in [-0.15, -0.1) is 10.2 Å². The number of para-hydroxylation sites is 2. The highest BCUT2D eigenvalue weighted by atomic mass is 16.2. The molecular formula is C24H22N6O2. The van der Waals surface area contributed by atoms with Gasteiger partial charge in [0.25, 0.3) is 0 Å². The van der Waals surface area contributed by atoms with Crippen molar-refractivity contribution >= 4 is 23.2 Å². The van der Waals surface area contributed by atoms with E-state index in [9.17, 15) is 9.59 Å². The number of carbonyl (C=O) groups excluding carboxylic acids is 2. The summed E-state index contributed by atoms with van der Waals surface area (Å²) < 4.78 is 0. The third-order valence-electron chi connectivity index (χ3n) is 4.72. The molecular weight excluding hydrogens is 404 g/mol. The van der Waals surface area contributed by atoms with Crippen molar-refractivity contribution in [2.45, 2.75) is 19.4 Å². The molecule has 0 fully saturated rings. The molecule has 2 amide bonds. The van der Waals surface area contributed by atoms with Gasteiger partial charge in [-0.1, -0.05) is 60.7 Å². The molecule has 0 spiro atoms. The molecule has 0 saturated carbocycles. The third kappa shape index (κ3) is 5.63. The van der Waals surface area contributed by atoms with Gasteiger partial charge in [0.1, 0.15) is 6.54 Å². The Morgan fingerprint density at radius 1 is 0.781 bits per heavy atom. The SMILES string of the molecule is O=C(Cn1nnc(-c2ccccc2NC(=O)CCc2ccccc2)n1)Nc1ccccc1. The van der Waals surface area contributed by atoms with Crippen LogP contribution in [0.2, 0.25) is 0 Å². The minimum atomic E-state index is -0.261. The van der Waals surface area contributed by atoms with Gasteiger partial charge in [-0.3, -0.25) is 9.59 Å². The minimum Gasteiger partial charge on any atom is -0.325 e. The predicted octanol–water partition coefficient (Wildman–Crippen LogP) is 3.55. The number of aryl methyl sites for hydroxylation is 1. The first-order valence-corrected chi connectivity index (χ1v) is 10.2. The maximum absolute atomic E-state index is 12.5. The van der Waals surface area contributed by atoms with Gasteiger partial charge >= 0.3 is 0 Å². The van der Waals surface area contributed by atoms with Crippen LogP contribution >= 0.6 is 0 Å². The number of nitrogens with one attached hydrogen (secondary N) is 2. The van der Waals surface area contributed by atoms with Crippen molar-refractivity contribution in [3.63, 3.8) is 0 Å².